The Bertz CT molecular complexity index is 596. The Morgan fingerprint density at radius 1 is 1.05 bits per heavy atom. The second kappa shape index (κ2) is 6.91. The lowest BCUT2D eigenvalue weighted by Crippen LogP contribution is -2.08. The molecule has 0 radical (unpaired) electrons. The highest BCUT2D eigenvalue weighted by Crippen LogP contribution is 2.24. The van der Waals surface area contributed by atoms with Gasteiger partial charge in [0.1, 0.15) is 12.4 Å². The Kier molecular flexibility index (Phi) is 5.21. The molecule has 0 heterocycles. The van der Waals surface area contributed by atoms with E-state index in [0.29, 0.717) is 6.61 Å². The monoisotopic (exact) mass is 333 g/mol. The molecule has 2 rings (SSSR count). The van der Waals surface area contributed by atoms with Gasteiger partial charge in [-0.15, -0.1) is 0 Å². The van der Waals surface area contributed by atoms with Crippen molar-refractivity contribution in [3.63, 3.8) is 0 Å². The lowest BCUT2D eigenvalue weighted by Gasteiger charge is -2.13. The van der Waals surface area contributed by atoms with Crippen molar-refractivity contribution in [2.75, 3.05) is 7.05 Å². The molecule has 0 amide bonds. The van der Waals surface area contributed by atoms with E-state index in [1.54, 1.807) is 0 Å². The van der Waals surface area contributed by atoms with Crippen molar-refractivity contribution in [2.45, 2.75) is 27.0 Å². The number of nitrogens with one attached hydrogen (secondary N) is 1. The Hall–Kier alpha value is -1.32. The van der Waals surface area contributed by atoms with Gasteiger partial charge in [0, 0.05) is 16.6 Å². The van der Waals surface area contributed by atoms with E-state index in [2.05, 4.69) is 59.4 Å². The van der Waals surface area contributed by atoms with Crippen molar-refractivity contribution in [3.8, 4) is 5.75 Å². The van der Waals surface area contributed by atoms with Crippen LogP contribution in [0.5, 0.6) is 5.75 Å². The van der Waals surface area contributed by atoms with Crippen LogP contribution in [-0.4, -0.2) is 7.05 Å². The third-order valence-corrected chi connectivity index (χ3v) is 3.77. The van der Waals surface area contributed by atoms with Gasteiger partial charge in [-0.05, 0) is 50.2 Å². The van der Waals surface area contributed by atoms with Gasteiger partial charge in [0.15, 0.2) is 0 Å². The van der Waals surface area contributed by atoms with Crippen LogP contribution in [0.2, 0.25) is 0 Å². The van der Waals surface area contributed by atoms with E-state index in [0.717, 1.165) is 22.3 Å². The lowest BCUT2D eigenvalue weighted by molar-refractivity contribution is 0.301. The van der Waals surface area contributed by atoms with Crippen LogP contribution in [0.25, 0.3) is 0 Å². The molecular weight excluding hydrogens is 314 g/mol. The fourth-order valence-corrected chi connectivity index (χ4v) is 2.54. The van der Waals surface area contributed by atoms with Crippen LogP contribution in [-0.2, 0) is 13.2 Å². The summed E-state index contributed by atoms with van der Waals surface area (Å²) in [6.07, 6.45) is 0. The Balaban J connectivity index is 2.16. The van der Waals surface area contributed by atoms with Gasteiger partial charge in [0.05, 0.1) is 0 Å². The zero-order valence-electron chi connectivity index (χ0n) is 12.2. The molecule has 0 bridgehead atoms. The van der Waals surface area contributed by atoms with Crippen molar-refractivity contribution in [1.29, 1.82) is 0 Å². The summed E-state index contributed by atoms with van der Waals surface area (Å²) < 4.78 is 7.08. The second-order valence-electron chi connectivity index (χ2n) is 5.00. The van der Waals surface area contributed by atoms with E-state index in [9.17, 15) is 0 Å². The van der Waals surface area contributed by atoms with Gasteiger partial charge in [0.2, 0.25) is 0 Å². The van der Waals surface area contributed by atoms with Gasteiger partial charge >= 0.3 is 0 Å². The first-order valence-electron chi connectivity index (χ1n) is 6.72. The molecule has 0 spiro atoms. The molecule has 0 aliphatic heterocycles. The Labute approximate surface area is 129 Å². The molecule has 0 aliphatic carbocycles. The minimum atomic E-state index is 0.603. The number of hydrogen-bond acceptors (Lipinski definition) is 2. The minimum Gasteiger partial charge on any atom is -0.489 e. The number of hydrogen-bond donors (Lipinski definition) is 1. The van der Waals surface area contributed by atoms with Gasteiger partial charge in [-0.2, -0.15) is 0 Å². The van der Waals surface area contributed by atoms with E-state index in [1.807, 2.05) is 19.2 Å². The Morgan fingerprint density at radius 3 is 2.60 bits per heavy atom. The Morgan fingerprint density at radius 2 is 1.85 bits per heavy atom. The quantitative estimate of drug-likeness (QED) is 0.877. The molecule has 106 valence electrons. The van der Waals surface area contributed by atoms with Crippen molar-refractivity contribution < 1.29 is 4.74 Å². The van der Waals surface area contributed by atoms with Crippen molar-refractivity contribution in [3.05, 3.63) is 63.1 Å². The third kappa shape index (κ3) is 3.84. The number of rotatable bonds is 5. The first-order chi connectivity index (χ1) is 9.60. The fraction of sp³-hybridized carbons (Fsp3) is 0.294. The molecule has 2 aromatic carbocycles. The molecule has 2 nitrogen and oxygen atoms in total. The molecule has 0 unspecified atom stereocenters. The molecule has 3 heteroatoms. The van der Waals surface area contributed by atoms with Crippen LogP contribution in [0.3, 0.4) is 0 Å². The van der Waals surface area contributed by atoms with E-state index >= 15 is 0 Å². The largest absolute Gasteiger partial charge is 0.489 e. The average molecular weight is 334 g/mol. The standard InChI is InChI=1S/C17H20BrNO/c1-12-4-5-13(2)15(8-12)11-20-17-7-6-16(18)9-14(17)10-19-3/h4-9,19H,10-11H2,1-3H3. The number of ether oxygens (including phenoxy) is 1. The van der Waals surface area contributed by atoms with Gasteiger partial charge in [0.25, 0.3) is 0 Å². The molecule has 0 aromatic heterocycles. The predicted octanol–water partition coefficient (Wildman–Crippen LogP) is 4.36. The highest BCUT2D eigenvalue weighted by molar-refractivity contribution is 9.10. The molecule has 2 aromatic rings. The predicted molar refractivity (Wildman–Crippen MR) is 87.2 cm³/mol. The number of aryl methyl sites for hydroxylation is 2. The summed E-state index contributed by atoms with van der Waals surface area (Å²) in [5, 5.41) is 3.17. The van der Waals surface area contributed by atoms with E-state index in [1.165, 1.54) is 16.7 Å². The SMILES string of the molecule is CNCc1cc(Br)ccc1OCc1cc(C)ccc1C. The van der Waals surface area contributed by atoms with Crippen LogP contribution in [0.1, 0.15) is 22.3 Å². The van der Waals surface area contributed by atoms with E-state index in [4.69, 9.17) is 4.74 Å². The average Bonchev–Trinajstić information content (AvgIpc) is 2.42. The normalized spacial score (nSPS) is 10.6. The maximum atomic E-state index is 6.01. The molecule has 20 heavy (non-hydrogen) atoms. The van der Waals surface area contributed by atoms with Gasteiger partial charge in [-0.3, -0.25) is 0 Å². The topological polar surface area (TPSA) is 21.3 Å². The van der Waals surface area contributed by atoms with Gasteiger partial charge in [-0.1, -0.05) is 39.7 Å². The second-order valence-corrected chi connectivity index (χ2v) is 5.92. The van der Waals surface area contributed by atoms with Crippen LogP contribution in [0.15, 0.2) is 40.9 Å². The summed E-state index contributed by atoms with van der Waals surface area (Å²) in [5.74, 6) is 0.934. The van der Waals surface area contributed by atoms with E-state index in [-0.39, 0.29) is 0 Å². The van der Waals surface area contributed by atoms with Crippen molar-refractivity contribution in [2.24, 2.45) is 0 Å². The summed E-state index contributed by atoms with van der Waals surface area (Å²) in [5.41, 5.74) is 4.93. The molecule has 0 saturated heterocycles. The highest BCUT2D eigenvalue weighted by Gasteiger charge is 2.06. The minimum absolute atomic E-state index is 0.603. The zero-order valence-corrected chi connectivity index (χ0v) is 13.8. The van der Waals surface area contributed by atoms with Gasteiger partial charge < -0.3 is 10.1 Å². The maximum Gasteiger partial charge on any atom is 0.124 e. The lowest BCUT2D eigenvalue weighted by atomic mass is 10.1. The van der Waals surface area contributed by atoms with Crippen molar-refractivity contribution in [1.82, 2.24) is 5.32 Å². The summed E-state index contributed by atoms with van der Waals surface area (Å²) in [6, 6.07) is 12.6. The summed E-state index contributed by atoms with van der Waals surface area (Å²) in [4.78, 5) is 0. The highest BCUT2D eigenvalue weighted by atomic mass is 79.9. The van der Waals surface area contributed by atoms with Gasteiger partial charge in [-0.25, -0.2) is 0 Å². The first-order valence-corrected chi connectivity index (χ1v) is 7.51. The number of benzene rings is 2. The number of halogens is 1. The van der Waals surface area contributed by atoms with Crippen LogP contribution in [0, 0.1) is 13.8 Å². The maximum absolute atomic E-state index is 6.01. The molecule has 0 saturated carbocycles. The zero-order chi connectivity index (χ0) is 14.5. The van der Waals surface area contributed by atoms with E-state index < -0.39 is 0 Å². The smallest absolute Gasteiger partial charge is 0.124 e. The molecular formula is C17H20BrNO. The van der Waals surface area contributed by atoms with Crippen LogP contribution in [0.4, 0.5) is 0 Å². The summed E-state index contributed by atoms with van der Waals surface area (Å²) in [7, 11) is 1.94. The van der Waals surface area contributed by atoms with Crippen molar-refractivity contribution >= 4 is 15.9 Å². The summed E-state index contributed by atoms with van der Waals surface area (Å²) in [6.45, 7) is 5.62. The first kappa shape index (κ1) is 15.1. The molecule has 0 aliphatic rings. The fourth-order valence-electron chi connectivity index (χ4n) is 2.13. The molecule has 1 N–H and O–H groups in total. The van der Waals surface area contributed by atoms with Crippen LogP contribution >= 0.6 is 15.9 Å². The molecule has 0 fully saturated rings. The summed E-state index contributed by atoms with van der Waals surface area (Å²) >= 11 is 3.50. The molecule has 0 atom stereocenters. The third-order valence-electron chi connectivity index (χ3n) is 3.28. The van der Waals surface area contributed by atoms with Crippen LogP contribution < -0.4 is 10.1 Å².